The summed E-state index contributed by atoms with van der Waals surface area (Å²) in [6, 6.07) is -0.0174. The van der Waals surface area contributed by atoms with E-state index in [1.165, 1.54) is 12.8 Å². The number of hydrogen-bond acceptors (Lipinski definition) is 3. The molecule has 6 heteroatoms. The van der Waals surface area contributed by atoms with Crippen LogP contribution in [0, 0.1) is 11.8 Å². The molecule has 3 amide bonds. The Morgan fingerprint density at radius 3 is 2.50 bits per heavy atom. The first-order valence-corrected chi connectivity index (χ1v) is 8.63. The minimum absolute atomic E-state index is 0.0174. The Hall–Kier alpha value is -1.30. The first kappa shape index (κ1) is 17.1. The largest absolute Gasteiger partial charge is 0.339 e. The SMILES string of the molecule is CCNC(=O)N1CCN(C(=O)CC(C)C2CCCNC2)CC1. The predicted octanol–water partition coefficient (Wildman–Crippen LogP) is 0.886. The second-order valence-electron chi connectivity index (χ2n) is 6.49. The average Bonchev–Trinajstić information content (AvgIpc) is 2.56. The number of piperidine rings is 1. The van der Waals surface area contributed by atoms with E-state index in [2.05, 4.69) is 17.6 Å². The summed E-state index contributed by atoms with van der Waals surface area (Å²) in [6.45, 7) is 9.49. The number of piperazine rings is 1. The van der Waals surface area contributed by atoms with Gasteiger partial charge in [-0.05, 0) is 44.7 Å². The number of hydrogen-bond donors (Lipinski definition) is 2. The fourth-order valence-electron chi connectivity index (χ4n) is 3.36. The molecule has 2 aliphatic heterocycles. The highest BCUT2D eigenvalue weighted by atomic mass is 16.2. The quantitative estimate of drug-likeness (QED) is 0.810. The zero-order valence-corrected chi connectivity index (χ0v) is 13.9. The van der Waals surface area contributed by atoms with Gasteiger partial charge >= 0.3 is 6.03 Å². The van der Waals surface area contributed by atoms with Crippen LogP contribution in [0.2, 0.25) is 0 Å². The topological polar surface area (TPSA) is 64.7 Å². The number of amides is 3. The first-order valence-electron chi connectivity index (χ1n) is 8.63. The maximum atomic E-state index is 12.4. The van der Waals surface area contributed by atoms with Crippen molar-refractivity contribution in [2.45, 2.75) is 33.1 Å². The molecule has 2 aliphatic rings. The molecule has 2 heterocycles. The molecular weight excluding hydrogens is 280 g/mol. The molecule has 0 aliphatic carbocycles. The zero-order chi connectivity index (χ0) is 15.9. The van der Waals surface area contributed by atoms with Gasteiger partial charge in [-0.25, -0.2) is 4.79 Å². The molecule has 2 rings (SSSR count). The first-order chi connectivity index (χ1) is 10.6. The standard InChI is InChI=1S/C16H30N4O2/c1-3-18-16(22)20-9-7-19(8-10-20)15(21)11-13(2)14-5-4-6-17-12-14/h13-14,17H,3-12H2,1-2H3,(H,18,22). The Balaban J connectivity index is 1.73. The van der Waals surface area contributed by atoms with Crippen LogP contribution in [0.15, 0.2) is 0 Å². The molecule has 0 aromatic rings. The molecule has 2 fully saturated rings. The molecule has 126 valence electrons. The van der Waals surface area contributed by atoms with E-state index < -0.39 is 0 Å². The molecule has 2 atom stereocenters. The van der Waals surface area contributed by atoms with Crippen LogP contribution in [0.25, 0.3) is 0 Å². The van der Waals surface area contributed by atoms with E-state index in [0.717, 1.165) is 13.1 Å². The highest BCUT2D eigenvalue weighted by molar-refractivity contribution is 5.77. The maximum Gasteiger partial charge on any atom is 0.317 e. The summed E-state index contributed by atoms with van der Waals surface area (Å²) in [5.41, 5.74) is 0. The van der Waals surface area contributed by atoms with E-state index in [4.69, 9.17) is 0 Å². The molecule has 0 aromatic carbocycles. The van der Waals surface area contributed by atoms with Gasteiger partial charge in [0.1, 0.15) is 0 Å². The molecule has 6 nitrogen and oxygen atoms in total. The lowest BCUT2D eigenvalue weighted by atomic mass is 9.85. The lowest BCUT2D eigenvalue weighted by Gasteiger charge is -2.36. The van der Waals surface area contributed by atoms with Crippen LogP contribution in [0.1, 0.15) is 33.1 Å². The van der Waals surface area contributed by atoms with Gasteiger partial charge in [0.2, 0.25) is 5.91 Å². The minimum Gasteiger partial charge on any atom is -0.339 e. The lowest BCUT2D eigenvalue weighted by Crippen LogP contribution is -2.53. The summed E-state index contributed by atoms with van der Waals surface area (Å²) in [5.74, 6) is 1.30. The molecule has 2 saturated heterocycles. The summed E-state index contributed by atoms with van der Waals surface area (Å²) < 4.78 is 0. The maximum absolute atomic E-state index is 12.4. The number of nitrogens with zero attached hydrogens (tertiary/aromatic N) is 2. The normalized spacial score (nSPS) is 24.0. The van der Waals surface area contributed by atoms with Crippen molar-refractivity contribution in [2.75, 3.05) is 45.8 Å². The van der Waals surface area contributed by atoms with Crippen LogP contribution < -0.4 is 10.6 Å². The van der Waals surface area contributed by atoms with Crippen LogP contribution in [0.5, 0.6) is 0 Å². The van der Waals surface area contributed by atoms with Crippen molar-refractivity contribution in [3.63, 3.8) is 0 Å². The van der Waals surface area contributed by atoms with Crippen molar-refractivity contribution < 1.29 is 9.59 Å². The molecular formula is C16H30N4O2. The van der Waals surface area contributed by atoms with E-state index >= 15 is 0 Å². The van der Waals surface area contributed by atoms with Gasteiger partial charge in [0.15, 0.2) is 0 Å². The van der Waals surface area contributed by atoms with Gasteiger partial charge in [0.05, 0.1) is 0 Å². The van der Waals surface area contributed by atoms with Crippen LogP contribution >= 0.6 is 0 Å². The van der Waals surface area contributed by atoms with Gasteiger partial charge < -0.3 is 20.4 Å². The highest BCUT2D eigenvalue weighted by Crippen LogP contribution is 2.23. The second-order valence-corrected chi connectivity index (χ2v) is 6.49. The van der Waals surface area contributed by atoms with Crippen LogP contribution in [0.4, 0.5) is 4.79 Å². The Morgan fingerprint density at radius 1 is 1.23 bits per heavy atom. The van der Waals surface area contributed by atoms with Crippen molar-refractivity contribution in [1.82, 2.24) is 20.4 Å². The number of carbonyl (C=O) groups is 2. The van der Waals surface area contributed by atoms with Gasteiger partial charge in [-0.15, -0.1) is 0 Å². The predicted molar refractivity (Wildman–Crippen MR) is 86.6 cm³/mol. The summed E-state index contributed by atoms with van der Waals surface area (Å²) in [5, 5.41) is 6.23. The smallest absolute Gasteiger partial charge is 0.317 e. The molecule has 0 aromatic heterocycles. The molecule has 0 spiro atoms. The van der Waals surface area contributed by atoms with E-state index in [0.29, 0.717) is 51.0 Å². The molecule has 2 N–H and O–H groups in total. The molecule has 2 unspecified atom stereocenters. The van der Waals surface area contributed by atoms with Gasteiger partial charge in [-0.1, -0.05) is 6.92 Å². The Morgan fingerprint density at radius 2 is 1.91 bits per heavy atom. The summed E-state index contributed by atoms with van der Waals surface area (Å²) in [4.78, 5) is 27.9. The fourth-order valence-corrected chi connectivity index (χ4v) is 3.36. The van der Waals surface area contributed by atoms with Crippen molar-refractivity contribution in [3.05, 3.63) is 0 Å². The summed E-state index contributed by atoms with van der Waals surface area (Å²) in [6.07, 6.45) is 3.08. The van der Waals surface area contributed by atoms with Gasteiger partial charge in [0.25, 0.3) is 0 Å². The third-order valence-electron chi connectivity index (χ3n) is 4.88. The minimum atomic E-state index is -0.0174. The van der Waals surface area contributed by atoms with E-state index in [1.807, 2.05) is 11.8 Å². The average molecular weight is 310 g/mol. The van der Waals surface area contributed by atoms with Gasteiger partial charge in [-0.3, -0.25) is 4.79 Å². The monoisotopic (exact) mass is 310 g/mol. The third kappa shape index (κ3) is 4.60. The van der Waals surface area contributed by atoms with Gasteiger partial charge in [0, 0.05) is 39.1 Å². The van der Waals surface area contributed by atoms with Gasteiger partial charge in [-0.2, -0.15) is 0 Å². The molecule has 0 radical (unpaired) electrons. The molecule has 0 bridgehead atoms. The van der Waals surface area contributed by atoms with E-state index in [-0.39, 0.29) is 11.9 Å². The molecule has 22 heavy (non-hydrogen) atoms. The molecule has 0 saturated carbocycles. The zero-order valence-electron chi connectivity index (χ0n) is 13.9. The number of nitrogens with one attached hydrogen (secondary N) is 2. The van der Waals surface area contributed by atoms with Crippen molar-refractivity contribution >= 4 is 11.9 Å². The number of urea groups is 1. The van der Waals surface area contributed by atoms with Crippen LogP contribution in [-0.4, -0.2) is 67.6 Å². The Labute approximate surface area is 133 Å². The van der Waals surface area contributed by atoms with Crippen LogP contribution in [-0.2, 0) is 4.79 Å². The van der Waals surface area contributed by atoms with Crippen LogP contribution in [0.3, 0.4) is 0 Å². The van der Waals surface area contributed by atoms with E-state index in [1.54, 1.807) is 4.90 Å². The summed E-state index contributed by atoms with van der Waals surface area (Å²) in [7, 11) is 0. The Kier molecular flexibility index (Phi) is 6.49. The van der Waals surface area contributed by atoms with Crippen molar-refractivity contribution in [2.24, 2.45) is 11.8 Å². The number of carbonyl (C=O) groups excluding carboxylic acids is 2. The fraction of sp³-hybridized carbons (Fsp3) is 0.875. The third-order valence-corrected chi connectivity index (χ3v) is 4.88. The Bertz CT molecular complexity index is 374. The lowest BCUT2D eigenvalue weighted by molar-refractivity contribution is -0.134. The second kappa shape index (κ2) is 8.36. The summed E-state index contributed by atoms with van der Waals surface area (Å²) >= 11 is 0. The van der Waals surface area contributed by atoms with Crippen molar-refractivity contribution in [1.29, 1.82) is 0 Å². The van der Waals surface area contributed by atoms with E-state index in [9.17, 15) is 9.59 Å². The van der Waals surface area contributed by atoms with Crippen molar-refractivity contribution in [3.8, 4) is 0 Å². The highest BCUT2D eigenvalue weighted by Gasteiger charge is 2.27. The number of rotatable bonds is 4.